The van der Waals surface area contributed by atoms with Gasteiger partial charge in [0.05, 0.1) is 5.56 Å². The van der Waals surface area contributed by atoms with Gasteiger partial charge in [-0.2, -0.15) is 5.26 Å². The van der Waals surface area contributed by atoms with Gasteiger partial charge in [-0.25, -0.2) is 0 Å². The third-order valence-electron chi connectivity index (χ3n) is 2.87. The van der Waals surface area contributed by atoms with Crippen LogP contribution < -0.4 is 15.8 Å². The molecule has 3 N–H and O–H groups in total. The summed E-state index contributed by atoms with van der Waals surface area (Å²) in [6.45, 7) is 5.88. The van der Waals surface area contributed by atoms with Crippen LogP contribution in [0.4, 0.5) is 5.69 Å². The van der Waals surface area contributed by atoms with Gasteiger partial charge in [-0.05, 0) is 31.0 Å². The van der Waals surface area contributed by atoms with Crippen molar-refractivity contribution in [1.82, 2.24) is 5.32 Å². The molecule has 0 saturated carbocycles. The summed E-state index contributed by atoms with van der Waals surface area (Å²) in [5.41, 5.74) is 6.38. The molecule has 1 rings (SSSR count). The predicted molar refractivity (Wildman–Crippen MR) is 73.5 cm³/mol. The molecule has 1 amide bonds. The molecule has 0 saturated heterocycles. The lowest BCUT2D eigenvalue weighted by Gasteiger charge is -2.17. The minimum Gasteiger partial charge on any atom is -0.482 e. The van der Waals surface area contributed by atoms with Gasteiger partial charge in [0.1, 0.15) is 11.8 Å². The molecule has 0 aromatic heterocycles. The summed E-state index contributed by atoms with van der Waals surface area (Å²) in [6.07, 6.45) is 0. The van der Waals surface area contributed by atoms with Crippen molar-refractivity contribution in [2.75, 3.05) is 12.3 Å². The zero-order valence-corrected chi connectivity index (χ0v) is 11.4. The molecule has 0 aliphatic heterocycles. The number of benzene rings is 1. The zero-order valence-electron chi connectivity index (χ0n) is 11.4. The van der Waals surface area contributed by atoms with E-state index in [0.717, 1.165) is 0 Å². The van der Waals surface area contributed by atoms with E-state index in [0.29, 0.717) is 22.9 Å². The molecular weight excluding hydrogens is 242 g/mol. The Kier molecular flexibility index (Phi) is 5.19. The van der Waals surface area contributed by atoms with Crippen LogP contribution in [0.1, 0.15) is 26.3 Å². The average Bonchev–Trinajstić information content (AvgIpc) is 2.36. The highest BCUT2D eigenvalue weighted by atomic mass is 16.5. The summed E-state index contributed by atoms with van der Waals surface area (Å²) >= 11 is 0. The average molecular weight is 261 g/mol. The predicted octanol–water partition coefficient (Wildman–Crippen LogP) is 1.68. The van der Waals surface area contributed by atoms with Crippen molar-refractivity contribution in [3.8, 4) is 11.8 Å². The second kappa shape index (κ2) is 6.64. The number of nitriles is 1. The van der Waals surface area contributed by atoms with Crippen LogP contribution in [0.25, 0.3) is 0 Å². The Balaban J connectivity index is 2.58. The minimum atomic E-state index is -0.207. The standard InChI is InChI=1S/C14H19N3O2/c1-9(2)10(3)17-14(18)8-19-13-5-4-12(16)6-11(13)7-15/h4-6,9-10H,8,16H2,1-3H3,(H,17,18). The van der Waals surface area contributed by atoms with Gasteiger partial charge in [0.25, 0.3) is 5.91 Å². The van der Waals surface area contributed by atoms with E-state index in [1.165, 1.54) is 6.07 Å². The Morgan fingerprint density at radius 3 is 2.74 bits per heavy atom. The monoisotopic (exact) mass is 261 g/mol. The van der Waals surface area contributed by atoms with Crippen LogP contribution in [0.2, 0.25) is 0 Å². The largest absolute Gasteiger partial charge is 0.482 e. The minimum absolute atomic E-state index is 0.0814. The molecule has 1 aromatic carbocycles. The highest BCUT2D eigenvalue weighted by molar-refractivity contribution is 5.78. The van der Waals surface area contributed by atoms with Gasteiger partial charge in [-0.3, -0.25) is 4.79 Å². The van der Waals surface area contributed by atoms with Gasteiger partial charge in [0, 0.05) is 11.7 Å². The molecule has 5 nitrogen and oxygen atoms in total. The van der Waals surface area contributed by atoms with E-state index in [4.69, 9.17) is 15.7 Å². The quantitative estimate of drug-likeness (QED) is 0.789. The van der Waals surface area contributed by atoms with Crippen LogP contribution in [0.5, 0.6) is 5.75 Å². The molecule has 0 spiro atoms. The van der Waals surface area contributed by atoms with Crippen molar-refractivity contribution >= 4 is 11.6 Å². The van der Waals surface area contributed by atoms with Crippen molar-refractivity contribution < 1.29 is 9.53 Å². The second-order valence-electron chi connectivity index (χ2n) is 4.76. The Morgan fingerprint density at radius 2 is 2.16 bits per heavy atom. The van der Waals surface area contributed by atoms with Gasteiger partial charge in [0.2, 0.25) is 0 Å². The maximum atomic E-state index is 11.7. The molecular formula is C14H19N3O2. The number of hydrogen-bond acceptors (Lipinski definition) is 4. The molecule has 0 radical (unpaired) electrons. The molecule has 1 atom stereocenters. The molecule has 0 aliphatic rings. The lowest BCUT2D eigenvalue weighted by atomic mass is 10.1. The summed E-state index contributed by atoms with van der Waals surface area (Å²) in [7, 11) is 0. The van der Waals surface area contributed by atoms with Crippen LogP contribution in [0, 0.1) is 17.2 Å². The number of nitrogens with two attached hydrogens (primary N) is 1. The third-order valence-corrected chi connectivity index (χ3v) is 2.87. The van der Waals surface area contributed by atoms with Gasteiger partial charge in [-0.15, -0.1) is 0 Å². The first kappa shape index (κ1) is 14.8. The number of nitrogen functional groups attached to an aromatic ring is 1. The van der Waals surface area contributed by atoms with Crippen molar-refractivity contribution in [2.24, 2.45) is 5.92 Å². The molecule has 5 heteroatoms. The number of ether oxygens (including phenoxy) is 1. The Hall–Kier alpha value is -2.22. The van der Waals surface area contributed by atoms with Gasteiger partial charge in [0.15, 0.2) is 6.61 Å². The Labute approximate surface area is 113 Å². The summed E-state index contributed by atoms with van der Waals surface area (Å²) in [5.74, 6) is 0.515. The van der Waals surface area contributed by atoms with Crippen LogP contribution in [0.15, 0.2) is 18.2 Å². The first-order valence-corrected chi connectivity index (χ1v) is 6.15. The van der Waals surface area contributed by atoms with Crippen molar-refractivity contribution in [1.29, 1.82) is 5.26 Å². The highest BCUT2D eigenvalue weighted by Gasteiger charge is 2.12. The number of carbonyl (C=O) groups excluding carboxylic acids is 1. The maximum absolute atomic E-state index is 11.7. The van der Waals surface area contributed by atoms with E-state index in [1.807, 2.05) is 26.8 Å². The smallest absolute Gasteiger partial charge is 0.258 e. The number of anilines is 1. The van der Waals surface area contributed by atoms with E-state index in [1.54, 1.807) is 12.1 Å². The van der Waals surface area contributed by atoms with Crippen molar-refractivity contribution in [3.05, 3.63) is 23.8 Å². The normalized spacial score (nSPS) is 11.7. The first-order valence-electron chi connectivity index (χ1n) is 6.15. The molecule has 19 heavy (non-hydrogen) atoms. The lowest BCUT2D eigenvalue weighted by Crippen LogP contribution is -2.39. The number of carbonyl (C=O) groups is 1. The number of hydrogen-bond donors (Lipinski definition) is 2. The van der Waals surface area contributed by atoms with E-state index in [-0.39, 0.29) is 18.6 Å². The Bertz CT molecular complexity index is 492. The third kappa shape index (κ3) is 4.51. The summed E-state index contributed by atoms with van der Waals surface area (Å²) in [5, 5.41) is 11.8. The molecule has 0 heterocycles. The Morgan fingerprint density at radius 1 is 1.47 bits per heavy atom. The van der Waals surface area contributed by atoms with E-state index in [2.05, 4.69) is 5.32 Å². The molecule has 0 bridgehead atoms. The first-order chi connectivity index (χ1) is 8.93. The molecule has 1 aromatic rings. The topological polar surface area (TPSA) is 88.1 Å². The van der Waals surface area contributed by atoms with Crippen LogP contribution in [0.3, 0.4) is 0 Å². The SMILES string of the molecule is CC(C)C(C)NC(=O)COc1ccc(N)cc1C#N. The van der Waals surface area contributed by atoms with Gasteiger partial charge < -0.3 is 15.8 Å². The van der Waals surface area contributed by atoms with Crippen molar-refractivity contribution in [3.63, 3.8) is 0 Å². The fraction of sp³-hybridized carbons (Fsp3) is 0.429. The molecule has 0 aliphatic carbocycles. The fourth-order valence-corrected chi connectivity index (χ4v) is 1.37. The number of nitrogens with one attached hydrogen (secondary N) is 1. The number of nitrogens with zero attached hydrogens (tertiary/aromatic N) is 1. The van der Waals surface area contributed by atoms with Crippen molar-refractivity contribution in [2.45, 2.75) is 26.8 Å². The molecule has 0 fully saturated rings. The second-order valence-corrected chi connectivity index (χ2v) is 4.76. The summed E-state index contributed by atoms with van der Waals surface area (Å²) in [6, 6.07) is 6.80. The van der Waals surface area contributed by atoms with Crippen LogP contribution >= 0.6 is 0 Å². The lowest BCUT2D eigenvalue weighted by molar-refractivity contribution is -0.124. The fourth-order valence-electron chi connectivity index (χ4n) is 1.37. The maximum Gasteiger partial charge on any atom is 0.258 e. The molecule has 102 valence electrons. The zero-order chi connectivity index (χ0) is 14.4. The van der Waals surface area contributed by atoms with Gasteiger partial charge >= 0.3 is 0 Å². The van der Waals surface area contributed by atoms with E-state index < -0.39 is 0 Å². The van der Waals surface area contributed by atoms with E-state index in [9.17, 15) is 4.79 Å². The summed E-state index contributed by atoms with van der Waals surface area (Å²) in [4.78, 5) is 11.7. The highest BCUT2D eigenvalue weighted by Crippen LogP contribution is 2.20. The van der Waals surface area contributed by atoms with Crippen LogP contribution in [-0.2, 0) is 4.79 Å². The number of rotatable bonds is 5. The van der Waals surface area contributed by atoms with Gasteiger partial charge in [-0.1, -0.05) is 13.8 Å². The molecule has 1 unspecified atom stereocenters. The summed E-state index contributed by atoms with van der Waals surface area (Å²) < 4.78 is 5.34. The van der Waals surface area contributed by atoms with Crippen LogP contribution in [-0.4, -0.2) is 18.6 Å². The van der Waals surface area contributed by atoms with E-state index >= 15 is 0 Å². The number of amides is 1.